The molecule has 0 unspecified atom stereocenters. The van der Waals surface area contributed by atoms with Crippen molar-refractivity contribution in [3.05, 3.63) is 46.4 Å². The van der Waals surface area contributed by atoms with Crippen LogP contribution in [-0.2, 0) is 0 Å². The first-order valence-corrected chi connectivity index (χ1v) is 8.73. The Morgan fingerprint density at radius 3 is 2.08 bits per heavy atom. The Morgan fingerprint density at radius 2 is 1.58 bits per heavy atom. The maximum Gasteiger partial charge on any atom is 0.253 e. The molecular formula is C19H22BrNO5. The number of amides is 1. The van der Waals surface area contributed by atoms with Gasteiger partial charge in [-0.1, -0.05) is 15.9 Å². The number of ether oxygens (including phenoxy) is 4. The van der Waals surface area contributed by atoms with Crippen LogP contribution in [0.1, 0.15) is 10.4 Å². The zero-order valence-electron chi connectivity index (χ0n) is 15.2. The third-order valence-electron chi connectivity index (χ3n) is 3.77. The van der Waals surface area contributed by atoms with Crippen LogP contribution in [-0.4, -0.2) is 52.3 Å². The number of rotatable bonds is 8. The van der Waals surface area contributed by atoms with E-state index in [1.807, 2.05) is 24.3 Å². The lowest BCUT2D eigenvalue weighted by Gasteiger charge is -2.19. The van der Waals surface area contributed by atoms with Crippen molar-refractivity contribution in [2.75, 3.05) is 41.5 Å². The molecule has 6 nitrogen and oxygen atoms in total. The minimum absolute atomic E-state index is 0.163. The van der Waals surface area contributed by atoms with E-state index in [1.165, 1.54) is 21.3 Å². The van der Waals surface area contributed by atoms with Crippen molar-refractivity contribution in [1.82, 2.24) is 4.90 Å². The summed E-state index contributed by atoms with van der Waals surface area (Å²) < 4.78 is 22.5. The molecule has 0 aliphatic heterocycles. The van der Waals surface area contributed by atoms with E-state index in [1.54, 1.807) is 24.1 Å². The summed E-state index contributed by atoms with van der Waals surface area (Å²) in [5, 5.41) is 0. The van der Waals surface area contributed by atoms with Gasteiger partial charge in [0, 0.05) is 17.1 Å². The highest BCUT2D eigenvalue weighted by atomic mass is 79.9. The zero-order chi connectivity index (χ0) is 19.1. The van der Waals surface area contributed by atoms with Gasteiger partial charge in [0.2, 0.25) is 5.75 Å². The molecule has 0 saturated heterocycles. The monoisotopic (exact) mass is 423 g/mol. The van der Waals surface area contributed by atoms with Gasteiger partial charge in [-0.05, 0) is 36.4 Å². The number of methoxy groups -OCH3 is 3. The fraction of sp³-hybridized carbons (Fsp3) is 0.316. The van der Waals surface area contributed by atoms with Crippen LogP contribution in [0.25, 0.3) is 0 Å². The van der Waals surface area contributed by atoms with E-state index in [2.05, 4.69) is 15.9 Å². The minimum Gasteiger partial charge on any atom is -0.493 e. The van der Waals surface area contributed by atoms with Crippen molar-refractivity contribution >= 4 is 21.8 Å². The Bertz CT molecular complexity index is 723. The Kier molecular flexibility index (Phi) is 7.15. The topological polar surface area (TPSA) is 57.2 Å². The first kappa shape index (κ1) is 19.9. The molecule has 2 aromatic carbocycles. The molecule has 1 amide bonds. The van der Waals surface area contributed by atoms with Gasteiger partial charge in [0.15, 0.2) is 11.5 Å². The van der Waals surface area contributed by atoms with Crippen molar-refractivity contribution in [3.8, 4) is 23.0 Å². The summed E-state index contributed by atoms with van der Waals surface area (Å²) in [6.07, 6.45) is 0. The van der Waals surface area contributed by atoms with E-state index in [0.717, 1.165) is 10.2 Å². The molecule has 0 bridgehead atoms. The summed E-state index contributed by atoms with van der Waals surface area (Å²) in [7, 11) is 6.27. The Balaban J connectivity index is 2.04. The first-order valence-electron chi connectivity index (χ1n) is 7.94. The Morgan fingerprint density at radius 1 is 1.00 bits per heavy atom. The Labute approximate surface area is 161 Å². The van der Waals surface area contributed by atoms with Crippen molar-refractivity contribution in [3.63, 3.8) is 0 Å². The number of nitrogens with zero attached hydrogens (tertiary/aromatic N) is 1. The predicted molar refractivity (Wildman–Crippen MR) is 103 cm³/mol. The highest BCUT2D eigenvalue weighted by Gasteiger charge is 2.19. The fourth-order valence-corrected chi connectivity index (χ4v) is 2.62. The average Bonchev–Trinajstić information content (AvgIpc) is 2.67. The maximum atomic E-state index is 12.7. The quantitative estimate of drug-likeness (QED) is 0.648. The van der Waals surface area contributed by atoms with E-state index in [0.29, 0.717) is 36.0 Å². The van der Waals surface area contributed by atoms with Crippen LogP contribution in [0.2, 0.25) is 0 Å². The summed E-state index contributed by atoms with van der Waals surface area (Å²) in [5.74, 6) is 1.92. The van der Waals surface area contributed by atoms with Crippen LogP contribution >= 0.6 is 15.9 Å². The Hall–Kier alpha value is -2.41. The number of hydrogen-bond donors (Lipinski definition) is 0. The number of likely N-dealkylation sites (N-methyl/N-ethyl adjacent to an activating group) is 1. The van der Waals surface area contributed by atoms with Crippen molar-refractivity contribution in [1.29, 1.82) is 0 Å². The number of benzene rings is 2. The summed E-state index contributed by atoms with van der Waals surface area (Å²) in [6.45, 7) is 0.819. The number of carbonyl (C=O) groups is 1. The normalized spacial score (nSPS) is 10.2. The third-order valence-corrected chi connectivity index (χ3v) is 4.30. The third kappa shape index (κ3) is 4.82. The van der Waals surface area contributed by atoms with Crippen LogP contribution in [0.3, 0.4) is 0 Å². The molecule has 0 heterocycles. The summed E-state index contributed by atoms with van der Waals surface area (Å²) >= 11 is 3.38. The van der Waals surface area contributed by atoms with Crippen molar-refractivity contribution in [2.45, 2.75) is 0 Å². The molecule has 0 N–H and O–H groups in total. The van der Waals surface area contributed by atoms with Gasteiger partial charge in [-0.3, -0.25) is 4.79 Å². The van der Waals surface area contributed by atoms with E-state index in [-0.39, 0.29) is 5.91 Å². The highest BCUT2D eigenvalue weighted by Crippen LogP contribution is 2.38. The van der Waals surface area contributed by atoms with Gasteiger partial charge in [0.25, 0.3) is 5.91 Å². The lowest BCUT2D eigenvalue weighted by Crippen LogP contribution is -2.31. The molecule has 0 atom stereocenters. The van der Waals surface area contributed by atoms with E-state index in [9.17, 15) is 4.79 Å². The zero-order valence-corrected chi connectivity index (χ0v) is 16.8. The number of halogens is 1. The van der Waals surface area contributed by atoms with Gasteiger partial charge in [-0.15, -0.1) is 0 Å². The number of hydrogen-bond acceptors (Lipinski definition) is 5. The van der Waals surface area contributed by atoms with Crippen molar-refractivity contribution < 1.29 is 23.7 Å². The van der Waals surface area contributed by atoms with Crippen LogP contribution in [0.5, 0.6) is 23.0 Å². The van der Waals surface area contributed by atoms with Crippen LogP contribution in [0, 0.1) is 0 Å². The molecule has 0 fully saturated rings. The van der Waals surface area contributed by atoms with Crippen molar-refractivity contribution in [2.24, 2.45) is 0 Å². The smallest absolute Gasteiger partial charge is 0.253 e. The standard InChI is InChI=1S/C19H22BrNO5/c1-21(9-10-26-15-7-5-14(20)6-8-15)19(22)13-11-16(23-2)18(25-4)17(12-13)24-3/h5-8,11-12H,9-10H2,1-4H3. The molecule has 0 aromatic heterocycles. The van der Waals surface area contributed by atoms with Gasteiger partial charge < -0.3 is 23.8 Å². The SMILES string of the molecule is COc1cc(C(=O)N(C)CCOc2ccc(Br)cc2)cc(OC)c1OC. The molecule has 0 saturated carbocycles. The lowest BCUT2D eigenvalue weighted by molar-refractivity contribution is 0.0773. The second-order valence-electron chi connectivity index (χ2n) is 5.44. The molecule has 140 valence electrons. The van der Waals surface area contributed by atoms with Crippen LogP contribution in [0.15, 0.2) is 40.9 Å². The molecule has 7 heteroatoms. The predicted octanol–water partition coefficient (Wildman–Crippen LogP) is 3.63. The molecule has 0 aliphatic rings. The van der Waals surface area contributed by atoms with E-state index in [4.69, 9.17) is 18.9 Å². The first-order chi connectivity index (χ1) is 12.5. The molecule has 0 radical (unpaired) electrons. The minimum atomic E-state index is -0.163. The van der Waals surface area contributed by atoms with Gasteiger partial charge >= 0.3 is 0 Å². The van der Waals surface area contributed by atoms with Gasteiger partial charge in [0.1, 0.15) is 12.4 Å². The van der Waals surface area contributed by atoms with E-state index < -0.39 is 0 Å². The molecule has 2 aromatic rings. The molecule has 0 aliphatic carbocycles. The molecule has 26 heavy (non-hydrogen) atoms. The average molecular weight is 424 g/mol. The van der Waals surface area contributed by atoms with Gasteiger partial charge in [-0.25, -0.2) is 0 Å². The summed E-state index contributed by atoms with van der Waals surface area (Å²) in [4.78, 5) is 14.3. The van der Waals surface area contributed by atoms with E-state index >= 15 is 0 Å². The van der Waals surface area contributed by atoms with Gasteiger partial charge in [-0.2, -0.15) is 0 Å². The molecule has 2 rings (SSSR count). The largest absolute Gasteiger partial charge is 0.493 e. The number of carbonyl (C=O) groups excluding carboxylic acids is 1. The lowest BCUT2D eigenvalue weighted by atomic mass is 10.1. The summed E-state index contributed by atoms with van der Waals surface area (Å²) in [6, 6.07) is 10.8. The highest BCUT2D eigenvalue weighted by molar-refractivity contribution is 9.10. The second-order valence-corrected chi connectivity index (χ2v) is 6.36. The van der Waals surface area contributed by atoms with Crippen LogP contribution in [0.4, 0.5) is 0 Å². The maximum absolute atomic E-state index is 12.7. The summed E-state index contributed by atoms with van der Waals surface area (Å²) in [5.41, 5.74) is 0.450. The fourth-order valence-electron chi connectivity index (χ4n) is 2.36. The second kappa shape index (κ2) is 9.33. The molecule has 0 spiro atoms. The molecular weight excluding hydrogens is 402 g/mol. The van der Waals surface area contributed by atoms with Gasteiger partial charge in [0.05, 0.1) is 27.9 Å². The van der Waals surface area contributed by atoms with Crippen LogP contribution < -0.4 is 18.9 Å².